The van der Waals surface area contributed by atoms with Gasteiger partial charge in [-0.05, 0) is 41.5 Å². The Morgan fingerprint density at radius 2 is 1.75 bits per heavy atom. The van der Waals surface area contributed by atoms with Crippen LogP contribution in [-0.4, -0.2) is 15.4 Å². The Hall–Kier alpha value is -2.04. The molecule has 3 rings (SSSR count). The van der Waals surface area contributed by atoms with Gasteiger partial charge in [0.1, 0.15) is 11.9 Å². The predicted octanol–water partition coefficient (Wildman–Crippen LogP) is 4.57. The molecule has 0 bridgehead atoms. The van der Waals surface area contributed by atoms with E-state index in [4.69, 9.17) is 27.9 Å². The first kappa shape index (κ1) is 13.0. The number of rotatable bonds is 3. The van der Waals surface area contributed by atoms with Gasteiger partial charge >= 0.3 is 0 Å². The van der Waals surface area contributed by atoms with Gasteiger partial charge in [-0.3, -0.25) is 0 Å². The lowest BCUT2D eigenvalue weighted by molar-refractivity contribution is 0.462. The molecular formula is C14H9Cl2N3O. The molecule has 4 nitrogen and oxygen atoms in total. The molecule has 0 spiro atoms. The highest BCUT2D eigenvalue weighted by Crippen LogP contribution is 2.30. The van der Waals surface area contributed by atoms with Crippen molar-refractivity contribution in [3.63, 3.8) is 0 Å². The molecule has 0 amide bonds. The average molecular weight is 306 g/mol. The third-order valence-corrected chi connectivity index (χ3v) is 3.08. The lowest BCUT2D eigenvalue weighted by Crippen LogP contribution is -1.85. The minimum Gasteiger partial charge on any atom is -0.436 e. The summed E-state index contributed by atoms with van der Waals surface area (Å²) in [5, 5.41) is 11.2. The second-order valence-corrected chi connectivity index (χ2v) is 4.97. The highest BCUT2D eigenvalue weighted by atomic mass is 35.5. The van der Waals surface area contributed by atoms with Crippen LogP contribution in [0.3, 0.4) is 0 Å². The zero-order valence-corrected chi connectivity index (χ0v) is 11.7. The van der Waals surface area contributed by atoms with Crippen molar-refractivity contribution in [3.05, 3.63) is 58.7 Å². The monoisotopic (exact) mass is 305 g/mol. The Morgan fingerprint density at radius 1 is 0.950 bits per heavy atom. The van der Waals surface area contributed by atoms with Crippen molar-refractivity contribution in [2.45, 2.75) is 0 Å². The van der Waals surface area contributed by atoms with Crippen molar-refractivity contribution in [3.8, 4) is 22.8 Å². The molecule has 1 aromatic heterocycles. The molecule has 0 unspecified atom stereocenters. The third kappa shape index (κ3) is 2.92. The summed E-state index contributed by atoms with van der Waals surface area (Å²) in [4.78, 5) is 0. The number of benzene rings is 2. The van der Waals surface area contributed by atoms with E-state index in [1.165, 1.54) is 6.20 Å². The summed E-state index contributed by atoms with van der Waals surface area (Å²) in [7, 11) is 0. The fourth-order valence-electron chi connectivity index (χ4n) is 1.82. The maximum Gasteiger partial charge on any atom is 0.258 e. The van der Waals surface area contributed by atoms with Crippen LogP contribution in [0.5, 0.6) is 11.6 Å². The molecule has 0 radical (unpaired) electrons. The van der Waals surface area contributed by atoms with Gasteiger partial charge in [-0.1, -0.05) is 35.3 Å². The molecule has 0 aliphatic rings. The Labute approximate surface area is 125 Å². The van der Waals surface area contributed by atoms with Crippen molar-refractivity contribution >= 4 is 23.2 Å². The van der Waals surface area contributed by atoms with Crippen molar-refractivity contribution in [1.29, 1.82) is 0 Å². The fraction of sp³-hybridized carbons (Fsp3) is 0. The minimum absolute atomic E-state index is 0.409. The van der Waals surface area contributed by atoms with Crippen molar-refractivity contribution in [2.24, 2.45) is 0 Å². The fourth-order valence-corrected chi connectivity index (χ4v) is 2.35. The van der Waals surface area contributed by atoms with Gasteiger partial charge in [0.25, 0.3) is 5.88 Å². The van der Waals surface area contributed by atoms with Crippen LogP contribution in [0.15, 0.2) is 48.7 Å². The van der Waals surface area contributed by atoms with Crippen LogP contribution >= 0.6 is 23.2 Å². The summed E-state index contributed by atoms with van der Waals surface area (Å²) in [6.45, 7) is 0. The van der Waals surface area contributed by atoms with Crippen LogP contribution in [0.2, 0.25) is 10.0 Å². The van der Waals surface area contributed by atoms with Crippen molar-refractivity contribution in [2.75, 3.05) is 0 Å². The van der Waals surface area contributed by atoms with Gasteiger partial charge < -0.3 is 4.74 Å². The molecule has 1 N–H and O–H groups in total. The Balaban J connectivity index is 1.94. The quantitative estimate of drug-likeness (QED) is 0.771. The lowest BCUT2D eigenvalue weighted by atomic mass is 10.1. The predicted molar refractivity (Wildman–Crippen MR) is 78.4 cm³/mol. The number of H-pyrrole nitrogens is 1. The van der Waals surface area contributed by atoms with E-state index < -0.39 is 0 Å². The second-order valence-electron chi connectivity index (χ2n) is 4.10. The van der Waals surface area contributed by atoms with Gasteiger partial charge in [-0.2, -0.15) is 10.3 Å². The van der Waals surface area contributed by atoms with Crippen LogP contribution in [-0.2, 0) is 0 Å². The van der Waals surface area contributed by atoms with Crippen molar-refractivity contribution in [1.82, 2.24) is 15.4 Å². The summed E-state index contributed by atoms with van der Waals surface area (Å²) in [6, 6.07) is 13.0. The number of halogens is 2. The molecule has 0 saturated carbocycles. The number of hydrogen-bond acceptors (Lipinski definition) is 3. The zero-order chi connectivity index (χ0) is 13.9. The van der Waals surface area contributed by atoms with Gasteiger partial charge in [0.05, 0.1) is 0 Å². The smallest absolute Gasteiger partial charge is 0.258 e. The van der Waals surface area contributed by atoms with E-state index in [-0.39, 0.29) is 0 Å². The summed E-state index contributed by atoms with van der Waals surface area (Å²) < 4.78 is 5.57. The van der Waals surface area contributed by atoms with Crippen LogP contribution < -0.4 is 4.74 Å². The third-order valence-electron chi connectivity index (χ3n) is 2.65. The number of aromatic amines is 1. The number of hydrogen-bond donors (Lipinski definition) is 1. The van der Waals surface area contributed by atoms with E-state index in [0.717, 1.165) is 11.1 Å². The lowest BCUT2D eigenvalue weighted by Gasteiger charge is -2.06. The molecule has 0 fully saturated rings. The molecule has 6 heteroatoms. The molecule has 0 saturated heterocycles. The first-order chi connectivity index (χ1) is 9.70. The Bertz CT molecular complexity index is 709. The highest BCUT2D eigenvalue weighted by molar-refractivity contribution is 6.35. The zero-order valence-electron chi connectivity index (χ0n) is 10.2. The first-order valence-electron chi connectivity index (χ1n) is 5.81. The first-order valence-corrected chi connectivity index (χ1v) is 6.56. The van der Waals surface area contributed by atoms with Crippen LogP contribution in [0.1, 0.15) is 0 Å². The van der Waals surface area contributed by atoms with E-state index >= 15 is 0 Å². The van der Waals surface area contributed by atoms with Gasteiger partial charge in [0, 0.05) is 10.0 Å². The molecule has 2 aromatic carbocycles. The van der Waals surface area contributed by atoms with E-state index in [0.29, 0.717) is 21.7 Å². The van der Waals surface area contributed by atoms with Crippen LogP contribution in [0.4, 0.5) is 0 Å². The molecular weight excluding hydrogens is 297 g/mol. The van der Waals surface area contributed by atoms with Gasteiger partial charge in [-0.15, -0.1) is 5.10 Å². The van der Waals surface area contributed by atoms with E-state index in [9.17, 15) is 0 Å². The van der Waals surface area contributed by atoms with Crippen molar-refractivity contribution < 1.29 is 4.74 Å². The minimum atomic E-state index is 0.409. The molecule has 0 atom stereocenters. The summed E-state index contributed by atoms with van der Waals surface area (Å²) in [5.74, 6) is 1.07. The summed E-state index contributed by atoms with van der Waals surface area (Å²) in [6.07, 6.45) is 1.50. The van der Waals surface area contributed by atoms with E-state index in [1.54, 1.807) is 6.07 Å². The van der Waals surface area contributed by atoms with Gasteiger partial charge in [0.2, 0.25) is 0 Å². The molecule has 3 aromatic rings. The maximum absolute atomic E-state index is 6.02. The molecule has 0 aliphatic heterocycles. The molecule has 0 aliphatic carbocycles. The van der Waals surface area contributed by atoms with E-state index in [1.807, 2.05) is 36.4 Å². The summed E-state index contributed by atoms with van der Waals surface area (Å²) in [5.41, 5.74) is 1.88. The molecule has 20 heavy (non-hydrogen) atoms. The largest absolute Gasteiger partial charge is 0.436 e. The number of nitrogens with one attached hydrogen (secondary N) is 1. The Kier molecular flexibility index (Phi) is 3.58. The number of aromatic nitrogens is 3. The molecule has 100 valence electrons. The normalized spacial score (nSPS) is 10.5. The topological polar surface area (TPSA) is 50.8 Å². The average Bonchev–Trinajstić information content (AvgIpc) is 2.91. The van der Waals surface area contributed by atoms with Crippen LogP contribution in [0, 0.1) is 0 Å². The highest BCUT2D eigenvalue weighted by Gasteiger charge is 2.05. The Morgan fingerprint density at radius 3 is 2.45 bits per heavy atom. The summed E-state index contributed by atoms with van der Waals surface area (Å²) >= 11 is 12.0. The van der Waals surface area contributed by atoms with Gasteiger partial charge in [-0.25, -0.2) is 0 Å². The second kappa shape index (κ2) is 5.53. The number of ether oxygens (including phenoxy) is 1. The number of nitrogens with zero attached hydrogens (tertiary/aromatic N) is 2. The molecule has 1 heterocycles. The SMILES string of the molecule is Clc1cc(Cl)cc(-c2cccc(Oc3cn[nH]n3)c2)c1. The van der Waals surface area contributed by atoms with Crippen LogP contribution in [0.25, 0.3) is 11.1 Å². The maximum atomic E-state index is 6.02. The standard InChI is InChI=1S/C14H9Cl2N3O/c15-11-4-10(5-12(16)7-11)9-2-1-3-13(6-9)20-14-8-17-19-18-14/h1-8H,(H,17,18,19). The van der Waals surface area contributed by atoms with Gasteiger partial charge in [0.15, 0.2) is 0 Å². The van der Waals surface area contributed by atoms with E-state index in [2.05, 4.69) is 15.4 Å².